The molecule has 1 rings (SSSR count). The summed E-state index contributed by atoms with van der Waals surface area (Å²) >= 11 is 0. The highest BCUT2D eigenvalue weighted by atomic mass is 32.2. The zero-order valence-electron chi connectivity index (χ0n) is 12.4. The predicted octanol–water partition coefficient (Wildman–Crippen LogP) is 0.877. The van der Waals surface area contributed by atoms with Gasteiger partial charge >= 0.3 is 0 Å². The van der Waals surface area contributed by atoms with Crippen LogP contribution in [0.25, 0.3) is 0 Å². The molecule has 0 fully saturated rings. The summed E-state index contributed by atoms with van der Waals surface area (Å²) in [5, 5.41) is 3.14. The molecule has 0 aromatic carbocycles. The summed E-state index contributed by atoms with van der Waals surface area (Å²) in [5.41, 5.74) is 0. The maximum atomic E-state index is 11.4. The first-order valence-corrected chi connectivity index (χ1v) is 8.30. The standard InChI is InChI=1S/C12H22N4O3S/c1-5-16(20(4,17)18)8-6-7-13-11-9-12(19-3)15-10(2)14-11/h9H,5-8H2,1-4H3,(H,13,14,15). The third-order valence-electron chi connectivity index (χ3n) is 2.74. The Bertz CT molecular complexity index is 534. The highest BCUT2D eigenvalue weighted by molar-refractivity contribution is 7.88. The number of sulfonamides is 1. The Morgan fingerprint density at radius 2 is 2.10 bits per heavy atom. The lowest BCUT2D eigenvalue weighted by molar-refractivity contribution is 0.396. The molecule has 7 nitrogen and oxygen atoms in total. The molecule has 0 amide bonds. The molecule has 1 aromatic rings. The Labute approximate surface area is 120 Å². The fraction of sp³-hybridized carbons (Fsp3) is 0.667. The molecule has 1 aromatic heterocycles. The Kier molecular flexibility index (Phi) is 6.15. The van der Waals surface area contributed by atoms with Crippen molar-refractivity contribution in [2.75, 3.05) is 38.3 Å². The van der Waals surface area contributed by atoms with Crippen LogP contribution in [0.3, 0.4) is 0 Å². The van der Waals surface area contributed by atoms with E-state index in [2.05, 4.69) is 15.3 Å². The van der Waals surface area contributed by atoms with Crippen LogP contribution in [0.4, 0.5) is 5.82 Å². The number of aromatic nitrogens is 2. The summed E-state index contributed by atoms with van der Waals surface area (Å²) in [5.74, 6) is 1.81. The number of aryl methyl sites for hydroxylation is 1. The van der Waals surface area contributed by atoms with Gasteiger partial charge in [0.15, 0.2) is 0 Å². The van der Waals surface area contributed by atoms with E-state index in [1.54, 1.807) is 20.1 Å². The zero-order chi connectivity index (χ0) is 15.2. The van der Waals surface area contributed by atoms with Crippen molar-refractivity contribution < 1.29 is 13.2 Å². The van der Waals surface area contributed by atoms with Gasteiger partial charge in [0.05, 0.1) is 13.4 Å². The molecule has 8 heteroatoms. The van der Waals surface area contributed by atoms with Gasteiger partial charge in [-0.2, -0.15) is 4.98 Å². The number of ether oxygens (including phenoxy) is 1. The number of methoxy groups -OCH3 is 1. The fourth-order valence-electron chi connectivity index (χ4n) is 1.77. The van der Waals surface area contributed by atoms with Crippen LogP contribution in [0.1, 0.15) is 19.2 Å². The van der Waals surface area contributed by atoms with Crippen molar-refractivity contribution in [3.63, 3.8) is 0 Å². The van der Waals surface area contributed by atoms with Crippen molar-refractivity contribution >= 4 is 15.8 Å². The van der Waals surface area contributed by atoms with Crippen LogP contribution in [-0.4, -0.2) is 55.7 Å². The molecule has 114 valence electrons. The Hall–Kier alpha value is -1.41. The van der Waals surface area contributed by atoms with Gasteiger partial charge in [-0.1, -0.05) is 6.92 Å². The molecule has 0 radical (unpaired) electrons. The molecule has 20 heavy (non-hydrogen) atoms. The molecule has 0 bridgehead atoms. The minimum atomic E-state index is -3.12. The minimum absolute atomic E-state index is 0.485. The summed E-state index contributed by atoms with van der Waals surface area (Å²) in [6.45, 7) is 5.22. The number of hydrogen-bond acceptors (Lipinski definition) is 6. The molecule has 0 unspecified atom stereocenters. The molecule has 0 aliphatic carbocycles. The van der Waals surface area contributed by atoms with E-state index < -0.39 is 10.0 Å². The van der Waals surface area contributed by atoms with Crippen LogP contribution in [-0.2, 0) is 10.0 Å². The smallest absolute Gasteiger partial charge is 0.218 e. The van der Waals surface area contributed by atoms with Crippen molar-refractivity contribution in [1.29, 1.82) is 0 Å². The summed E-state index contributed by atoms with van der Waals surface area (Å²) in [7, 11) is -1.57. The second kappa shape index (κ2) is 7.39. The molecule has 1 N–H and O–H groups in total. The van der Waals surface area contributed by atoms with E-state index in [-0.39, 0.29) is 0 Å². The van der Waals surface area contributed by atoms with Crippen molar-refractivity contribution in [2.45, 2.75) is 20.3 Å². The molecule has 0 aliphatic heterocycles. The first-order chi connectivity index (χ1) is 9.36. The zero-order valence-corrected chi connectivity index (χ0v) is 13.2. The van der Waals surface area contributed by atoms with Crippen LogP contribution in [0.2, 0.25) is 0 Å². The van der Waals surface area contributed by atoms with Gasteiger partial charge in [0, 0.05) is 25.7 Å². The van der Waals surface area contributed by atoms with Gasteiger partial charge in [-0.25, -0.2) is 17.7 Å². The maximum absolute atomic E-state index is 11.4. The van der Waals surface area contributed by atoms with E-state index in [0.717, 1.165) is 0 Å². The van der Waals surface area contributed by atoms with Gasteiger partial charge in [-0.3, -0.25) is 0 Å². The first kappa shape index (κ1) is 16.6. The molecule has 0 spiro atoms. The van der Waals surface area contributed by atoms with Gasteiger partial charge < -0.3 is 10.1 Å². The van der Waals surface area contributed by atoms with Crippen LogP contribution in [0.15, 0.2) is 6.07 Å². The number of rotatable bonds is 8. The lowest BCUT2D eigenvalue weighted by Gasteiger charge is -2.17. The quantitative estimate of drug-likeness (QED) is 0.718. The maximum Gasteiger partial charge on any atom is 0.218 e. The molecule has 0 saturated carbocycles. The summed E-state index contributed by atoms with van der Waals surface area (Å²) in [6.07, 6.45) is 1.93. The van der Waals surface area contributed by atoms with Crippen LogP contribution >= 0.6 is 0 Å². The SMILES string of the molecule is CCN(CCCNc1cc(OC)nc(C)n1)S(C)(=O)=O. The van der Waals surface area contributed by atoms with E-state index in [9.17, 15) is 8.42 Å². The minimum Gasteiger partial charge on any atom is -0.481 e. The lowest BCUT2D eigenvalue weighted by Crippen LogP contribution is -2.31. The average Bonchev–Trinajstić information content (AvgIpc) is 2.36. The van der Waals surface area contributed by atoms with E-state index in [0.29, 0.717) is 43.6 Å². The fourth-order valence-corrected chi connectivity index (χ4v) is 2.70. The van der Waals surface area contributed by atoms with Crippen LogP contribution < -0.4 is 10.1 Å². The summed E-state index contributed by atoms with van der Waals surface area (Å²) in [4.78, 5) is 8.33. The van der Waals surface area contributed by atoms with Crippen molar-refractivity contribution in [3.8, 4) is 5.88 Å². The Morgan fingerprint density at radius 1 is 1.40 bits per heavy atom. The Morgan fingerprint density at radius 3 is 2.65 bits per heavy atom. The van der Waals surface area contributed by atoms with Gasteiger partial charge in [0.25, 0.3) is 0 Å². The predicted molar refractivity (Wildman–Crippen MR) is 78.5 cm³/mol. The number of nitrogens with one attached hydrogen (secondary N) is 1. The van der Waals surface area contributed by atoms with Gasteiger partial charge in [0.2, 0.25) is 15.9 Å². The van der Waals surface area contributed by atoms with E-state index in [1.807, 2.05) is 6.92 Å². The van der Waals surface area contributed by atoms with E-state index >= 15 is 0 Å². The molecule has 0 saturated heterocycles. The Balaban J connectivity index is 2.47. The molecular formula is C12H22N4O3S. The van der Waals surface area contributed by atoms with Gasteiger partial charge in [-0.15, -0.1) is 0 Å². The topological polar surface area (TPSA) is 84.4 Å². The number of nitrogens with zero attached hydrogens (tertiary/aromatic N) is 3. The van der Waals surface area contributed by atoms with Crippen molar-refractivity contribution in [1.82, 2.24) is 14.3 Å². The number of hydrogen-bond donors (Lipinski definition) is 1. The highest BCUT2D eigenvalue weighted by Gasteiger charge is 2.13. The summed E-state index contributed by atoms with van der Waals surface area (Å²) < 4.78 is 29.4. The van der Waals surface area contributed by atoms with Crippen molar-refractivity contribution in [2.24, 2.45) is 0 Å². The first-order valence-electron chi connectivity index (χ1n) is 6.45. The average molecular weight is 302 g/mol. The molecule has 0 atom stereocenters. The van der Waals surface area contributed by atoms with Crippen LogP contribution in [0.5, 0.6) is 5.88 Å². The second-order valence-corrected chi connectivity index (χ2v) is 6.36. The van der Waals surface area contributed by atoms with E-state index in [1.165, 1.54) is 10.6 Å². The monoisotopic (exact) mass is 302 g/mol. The largest absolute Gasteiger partial charge is 0.481 e. The third kappa shape index (κ3) is 5.30. The molecular weight excluding hydrogens is 280 g/mol. The number of anilines is 1. The van der Waals surface area contributed by atoms with E-state index in [4.69, 9.17) is 4.74 Å². The van der Waals surface area contributed by atoms with Gasteiger partial charge in [0.1, 0.15) is 11.6 Å². The molecule has 1 heterocycles. The lowest BCUT2D eigenvalue weighted by atomic mass is 10.4. The third-order valence-corrected chi connectivity index (χ3v) is 4.11. The normalized spacial score (nSPS) is 11.7. The van der Waals surface area contributed by atoms with Crippen molar-refractivity contribution in [3.05, 3.63) is 11.9 Å². The van der Waals surface area contributed by atoms with Gasteiger partial charge in [-0.05, 0) is 13.3 Å². The highest BCUT2D eigenvalue weighted by Crippen LogP contribution is 2.12. The summed E-state index contributed by atoms with van der Waals surface area (Å²) in [6, 6.07) is 1.71. The molecule has 0 aliphatic rings. The second-order valence-electron chi connectivity index (χ2n) is 4.38. The van der Waals surface area contributed by atoms with Crippen LogP contribution in [0, 0.1) is 6.92 Å².